The van der Waals surface area contributed by atoms with Crippen molar-refractivity contribution in [1.29, 1.82) is 0 Å². The number of piperidine rings is 1. The van der Waals surface area contributed by atoms with Gasteiger partial charge >= 0.3 is 5.97 Å². The average Bonchev–Trinajstić information content (AvgIpc) is 2.76. The molecule has 1 N–H and O–H groups in total. The molecule has 0 saturated carbocycles. The first-order valence-corrected chi connectivity index (χ1v) is 7.22. The van der Waals surface area contributed by atoms with Crippen molar-refractivity contribution >= 4 is 17.0 Å². The Morgan fingerprint density at radius 2 is 2.05 bits per heavy atom. The first kappa shape index (κ1) is 14.0. The number of rotatable bonds is 4. The van der Waals surface area contributed by atoms with Crippen LogP contribution in [-0.4, -0.2) is 38.6 Å². The smallest absolute Gasteiger partial charge is 0.323 e. The summed E-state index contributed by atoms with van der Waals surface area (Å²) in [7, 11) is 0. The lowest BCUT2D eigenvalue weighted by Crippen LogP contribution is -2.30. The van der Waals surface area contributed by atoms with Gasteiger partial charge in [-0.1, -0.05) is 6.42 Å². The topological polar surface area (TPSA) is 58.4 Å². The standard InChI is InChI=1S/C15H18FN3O2/c16-11-4-5-13-12(8-11)17-14(19(13)10-15(20)21)9-18-6-2-1-3-7-18/h4-5,8H,1-3,6-7,9-10H2,(H,20,21). The first-order valence-electron chi connectivity index (χ1n) is 7.22. The van der Waals surface area contributed by atoms with E-state index in [0.717, 1.165) is 25.9 Å². The van der Waals surface area contributed by atoms with E-state index in [9.17, 15) is 9.18 Å². The van der Waals surface area contributed by atoms with Crippen LogP contribution in [0.25, 0.3) is 11.0 Å². The van der Waals surface area contributed by atoms with E-state index in [1.165, 1.54) is 18.6 Å². The van der Waals surface area contributed by atoms with Crippen molar-refractivity contribution in [2.24, 2.45) is 0 Å². The fourth-order valence-corrected chi connectivity index (χ4v) is 2.90. The van der Waals surface area contributed by atoms with Crippen LogP contribution in [0, 0.1) is 5.82 Å². The molecule has 1 aliphatic heterocycles. The van der Waals surface area contributed by atoms with Gasteiger partial charge in [0.25, 0.3) is 0 Å². The van der Waals surface area contributed by atoms with Crippen molar-refractivity contribution in [3.8, 4) is 0 Å². The van der Waals surface area contributed by atoms with Gasteiger partial charge in [-0.3, -0.25) is 9.69 Å². The molecule has 0 bridgehead atoms. The summed E-state index contributed by atoms with van der Waals surface area (Å²) < 4.78 is 15.0. The van der Waals surface area contributed by atoms with Gasteiger partial charge in [-0.05, 0) is 38.1 Å². The quantitative estimate of drug-likeness (QED) is 0.938. The molecule has 1 saturated heterocycles. The van der Waals surface area contributed by atoms with Crippen LogP contribution in [0.15, 0.2) is 18.2 Å². The van der Waals surface area contributed by atoms with Gasteiger partial charge in [-0.25, -0.2) is 9.37 Å². The molecule has 2 aromatic rings. The summed E-state index contributed by atoms with van der Waals surface area (Å²) in [5.41, 5.74) is 1.19. The Hall–Kier alpha value is -1.95. The monoisotopic (exact) mass is 291 g/mol. The summed E-state index contributed by atoms with van der Waals surface area (Å²) in [4.78, 5) is 17.8. The third-order valence-corrected chi connectivity index (χ3v) is 3.90. The number of carboxylic acid groups (broad SMARTS) is 1. The van der Waals surface area contributed by atoms with Crippen LogP contribution in [0.2, 0.25) is 0 Å². The Labute approximate surface area is 122 Å². The van der Waals surface area contributed by atoms with Crippen LogP contribution in [-0.2, 0) is 17.9 Å². The van der Waals surface area contributed by atoms with Gasteiger partial charge in [0.2, 0.25) is 0 Å². The fourth-order valence-electron chi connectivity index (χ4n) is 2.90. The number of likely N-dealkylation sites (tertiary alicyclic amines) is 1. The van der Waals surface area contributed by atoms with Gasteiger partial charge in [0.1, 0.15) is 18.2 Å². The number of benzene rings is 1. The van der Waals surface area contributed by atoms with Crippen LogP contribution in [0.5, 0.6) is 0 Å². The number of aromatic nitrogens is 2. The molecule has 3 rings (SSSR count). The first-order chi connectivity index (χ1) is 10.1. The number of fused-ring (bicyclic) bond motifs is 1. The Bertz CT molecular complexity index is 662. The molecule has 0 unspecified atom stereocenters. The molecule has 0 aliphatic carbocycles. The SMILES string of the molecule is O=C(O)Cn1c(CN2CCCCC2)nc2cc(F)ccc21. The Morgan fingerprint density at radius 3 is 2.76 bits per heavy atom. The zero-order chi connectivity index (χ0) is 14.8. The molecule has 1 aromatic carbocycles. The van der Waals surface area contributed by atoms with Crippen molar-refractivity contribution in [2.75, 3.05) is 13.1 Å². The van der Waals surface area contributed by atoms with Gasteiger partial charge in [-0.15, -0.1) is 0 Å². The largest absolute Gasteiger partial charge is 0.480 e. The summed E-state index contributed by atoms with van der Waals surface area (Å²) >= 11 is 0. The van der Waals surface area contributed by atoms with E-state index in [2.05, 4.69) is 9.88 Å². The second-order valence-corrected chi connectivity index (χ2v) is 5.48. The molecule has 6 heteroatoms. The fraction of sp³-hybridized carbons (Fsp3) is 0.467. The van der Waals surface area contributed by atoms with Crippen LogP contribution < -0.4 is 0 Å². The van der Waals surface area contributed by atoms with E-state index in [0.29, 0.717) is 23.4 Å². The maximum absolute atomic E-state index is 13.3. The van der Waals surface area contributed by atoms with E-state index in [-0.39, 0.29) is 12.4 Å². The number of carboxylic acids is 1. The Balaban J connectivity index is 1.96. The third kappa shape index (κ3) is 3.05. The number of halogens is 1. The van der Waals surface area contributed by atoms with E-state index in [4.69, 9.17) is 5.11 Å². The number of hydrogen-bond donors (Lipinski definition) is 1. The predicted molar refractivity (Wildman–Crippen MR) is 76.5 cm³/mol. The highest BCUT2D eigenvalue weighted by Crippen LogP contribution is 2.20. The second kappa shape index (κ2) is 5.81. The number of aliphatic carboxylic acids is 1. The third-order valence-electron chi connectivity index (χ3n) is 3.90. The molecule has 2 heterocycles. The van der Waals surface area contributed by atoms with Gasteiger partial charge in [0.05, 0.1) is 17.6 Å². The number of carbonyl (C=O) groups is 1. The molecule has 21 heavy (non-hydrogen) atoms. The Kier molecular flexibility index (Phi) is 3.88. The van der Waals surface area contributed by atoms with Crippen LogP contribution in [0.1, 0.15) is 25.1 Å². The molecule has 1 fully saturated rings. The lowest BCUT2D eigenvalue weighted by atomic mass is 10.1. The average molecular weight is 291 g/mol. The van der Waals surface area contributed by atoms with E-state index >= 15 is 0 Å². The summed E-state index contributed by atoms with van der Waals surface area (Å²) in [6.07, 6.45) is 3.56. The molecule has 0 atom stereocenters. The minimum absolute atomic E-state index is 0.148. The van der Waals surface area contributed by atoms with Gasteiger partial charge in [0, 0.05) is 6.07 Å². The zero-order valence-corrected chi connectivity index (χ0v) is 11.8. The summed E-state index contributed by atoms with van der Waals surface area (Å²) in [5.74, 6) is -0.578. The van der Waals surface area contributed by atoms with E-state index in [1.807, 2.05) is 0 Å². The van der Waals surface area contributed by atoms with Gasteiger partial charge in [0.15, 0.2) is 0 Å². The second-order valence-electron chi connectivity index (χ2n) is 5.48. The normalized spacial score (nSPS) is 16.4. The Morgan fingerprint density at radius 1 is 1.29 bits per heavy atom. The minimum atomic E-state index is -0.918. The van der Waals surface area contributed by atoms with Gasteiger partial charge < -0.3 is 9.67 Å². The van der Waals surface area contributed by atoms with Crippen molar-refractivity contribution in [3.05, 3.63) is 29.8 Å². The van der Waals surface area contributed by atoms with Crippen molar-refractivity contribution < 1.29 is 14.3 Å². The lowest BCUT2D eigenvalue weighted by Gasteiger charge is -2.26. The molecule has 1 aliphatic rings. The highest BCUT2D eigenvalue weighted by atomic mass is 19.1. The summed E-state index contributed by atoms with van der Waals surface area (Å²) in [6, 6.07) is 4.29. The molecular formula is C15H18FN3O2. The number of nitrogens with zero attached hydrogens (tertiary/aromatic N) is 3. The predicted octanol–water partition coefficient (Wildman–Crippen LogP) is 2.25. The molecule has 0 amide bonds. The van der Waals surface area contributed by atoms with E-state index < -0.39 is 5.97 Å². The molecule has 1 aromatic heterocycles. The molecule has 0 radical (unpaired) electrons. The minimum Gasteiger partial charge on any atom is -0.480 e. The summed E-state index contributed by atoms with van der Waals surface area (Å²) in [6.45, 7) is 2.48. The van der Waals surface area contributed by atoms with E-state index in [1.54, 1.807) is 10.6 Å². The van der Waals surface area contributed by atoms with Crippen LogP contribution in [0.3, 0.4) is 0 Å². The maximum atomic E-state index is 13.3. The number of hydrogen-bond acceptors (Lipinski definition) is 3. The van der Waals surface area contributed by atoms with Crippen LogP contribution in [0.4, 0.5) is 4.39 Å². The molecule has 112 valence electrons. The lowest BCUT2D eigenvalue weighted by molar-refractivity contribution is -0.137. The van der Waals surface area contributed by atoms with Crippen molar-refractivity contribution in [1.82, 2.24) is 14.5 Å². The van der Waals surface area contributed by atoms with Crippen molar-refractivity contribution in [2.45, 2.75) is 32.4 Å². The summed E-state index contributed by atoms with van der Waals surface area (Å²) in [5, 5.41) is 9.09. The number of imidazole rings is 1. The highest BCUT2D eigenvalue weighted by Gasteiger charge is 2.18. The molecule has 0 spiro atoms. The maximum Gasteiger partial charge on any atom is 0.323 e. The highest BCUT2D eigenvalue weighted by molar-refractivity contribution is 5.78. The van der Waals surface area contributed by atoms with Crippen molar-refractivity contribution in [3.63, 3.8) is 0 Å². The molecular weight excluding hydrogens is 273 g/mol. The van der Waals surface area contributed by atoms with Gasteiger partial charge in [-0.2, -0.15) is 0 Å². The van der Waals surface area contributed by atoms with Crippen LogP contribution >= 0.6 is 0 Å². The zero-order valence-electron chi connectivity index (χ0n) is 11.8. The molecule has 5 nitrogen and oxygen atoms in total.